The van der Waals surface area contributed by atoms with Gasteiger partial charge < -0.3 is 4.42 Å². The molecular formula is C51H32O. The zero-order chi connectivity index (χ0) is 34.2. The van der Waals surface area contributed by atoms with Gasteiger partial charge in [-0.25, -0.2) is 0 Å². The van der Waals surface area contributed by atoms with Gasteiger partial charge in [0.05, 0.1) is 0 Å². The Morgan fingerprint density at radius 3 is 1.60 bits per heavy atom. The molecule has 0 saturated carbocycles. The molecule has 0 radical (unpaired) electrons. The number of furan rings is 1. The second-order valence-corrected chi connectivity index (χ2v) is 13.9. The lowest BCUT2D eigenvalue weighted by Crippen LogP contribution is -1.97. The first-order valence-electron chi connectivity index (χ1n) is 18.1. The Kier molecular flexibility index (Phi) is 6.38. The molecule has 11 rings (SSSR count). The lowest BCUT2D eigenvalue weighted by Gasteiger charge is -2.23. The van der Waals surface area contributed by atoms with Crippen molar-refractivity contribution in [1.82, 2.24) is 0 Å². The number of hydrogen-bond donors (Lipinski definition) is 0. The molecule has 52 heavy (non-hydrogen) atoms. The van der Waals surface area contributed by atoms with Crippen LogP contribution >= 0.6 is 0 Å². The molecule has 242 valence electrons. The summed E-state index contributed by atoms with van der Waals surface area (Å²) in [4.78, 5) is 0. The number of para-hydroxylation sites is 1. The monoisotopic (exact) mass is 660 g/mol. The molecule has 9 aromatic carbocycles. The topological polar surface area (TPSA) is 13.1 Å². The van der Waals surface area contributed by atoms with Gasteiger partial charge in [0.1, 0.15) is 11.2 Å². The van der Waals surface area contributed by atoms with E-state index in [-0.39, 0.29) is 0 Å². The van der Waals surface area contributed by atoms with E-state index in [0.29, 0.717) is 0 Å². The van der Waals surface area contributed by atoms with E-state index in [2.05, 4.69) is 176 Å². The first-order chi connectivity index (χ1) is 25.8. The maximum atomic E-state index is 6.26. The second-order valence-electron chi connectivity index (χ2n) is 13.9. The van der Waals surface area contributed by atoms with E-state index >= 15 is 0 Å². The minimum atomic E-state index is 0.911. The maximum absolute atomic E-state index is 6.26. The van der Waals surface area contributed by atoms with E-state index in [0.717, 1.165) is 28.4 Å². The van der Waals surface area contributed by atoms with Crippen molar-refractivity contribution in [3.8, 4) is 55.6 Å². The van der Waals surface area contributed by atoms with Crippen molar-refractivity contribution >= 4 is 43.5 Å². The van der Waals surface area contributed by atoms with Crippen LogP contribution in [-0.4, -0.2) is 0 Å². The van der Waals surface area contributed by atoms with Crippen LogP contribution < -0.4 is 0 Å². The van der Waals surface area contributed by atoms with Gasteiger partial charge in [0.15, 0.2) is 0 Å². The molecule has 1 heterocycles. The molecule has 0 bridgehead atoms. The predicted molar refractivity (Wildman–Crippen MR) is 219 cm³/mol. The molecule has 0 aliphatic heterocycles. The fourth-order valence-corrected chi connectivity index (χ4v) is 8.90. The SMILES string of the molecule is c1ccc(-c2cccc(-c3cccc4c3Cc3ccccc3-4)c2-c2c3ccccc3c(-c3ccc4oc5ccccc5c4c3)c3ccccc23)cc1. The van der Waals surface area contributed by atoms with Gasteiger partial charge in [0.25, 0.3) is 0 Å². The Bertz CT molecular complexity index is 2980. The number of hydrogen-bond acceptors (Lipinski definition) is 1. The van der Waals surface area contributed by atoms with Crippen molar-refractivity contribution in [3.63, 3.8) is 0 Å². The molecule has 0 fully saturated rings. The van der Waals surface area contributed by atoms with Crippen molar-refractivity contribution in [2.24, 2.45) is 0 Å². The minimum absolute atomic E-state index is 0.911. The summed E-state index contributed by atoms with van der Waals surface area (Å²) in [5.41, 5.74) is 17.3. The summed E-state index contributed by atoms with van der Waals surface area (Å²) in [5.74, 6) is 0. The van der Waals surface area contributed by atoms with Gasteiger partial charge >= 0.3 is 0 Å². The third-order valence-electron chi connectivity index (χ3n) is 11.1. The van der Waals surface area contributed by atoms with Gasteiger partial charge in [-0.3, -0.25) is 0 Å². The highest BCUT2D eigenvalue weighted by Crippen LogP contribution is 2.51. The largest absolute Gasteiger partial charge is 0.456 e. The lowest BCUT2D eigenvalue weighted by molar-refractivity contribution is 0.669. The van der Waals surface area contributed by atoms with E-state index in [1.54, 1.807) is 0 Å². The van der Waals surface area contributed by atoms with Crippen molar-refractivity contribution in [3.05, 3.63) is 193 Å². The normalized spacial score (nSPS) is 12.2. The average molecular weight is 661 g/mol. The van der Waals surface area contributed by atoms with Gasteiger partial charge in [-0.05, 0) is 113 Å². The van der Waals surface area contributed by atoms with Crippen molar-refractivity contribution < 1.29 is 4.42 Å². The van der Waals surface area contributed by atoms with Crippen molar-refractivity contribution in [2.75, 3.05) is 0 Å². The fourth-order valence-electron chi connectivity index (χ4n) is 8.90. The van der Waals surface area contributed by atoms with Gasteiger partial charge in [-0.2, -0.15) is 0 Å². The standard InChI is InChI=1S/C51H32O/c1-2-14-32(15-3-1)36-23-12-26-40(38-25-13-24-37-35-17-5-4-16-33(35)30-45(37)38)50(36)51-43-21-8-6-19-41(43)49(42-20-7-9-22-44(42)51)34-28-29-48-46(31-34)39-18-10-11-27-47(39)52-48/h1-29,31H,30H2. The highest BCUT2D eigenvalue weighted by atomic mass is 16.3. The maximum Gasteiger partial charge on any atom is 0.135 e. The van der Waals surface area contributed by atoms with Crippen LogP contribution in [-0.2, 0) is 6.42 Å². The zero-order valence-electron chi connectivity index (χ0n) is 28.4. The predicted octanol–water partition coefficient (Wildman–Crippen LogP) is 14.1. The van der Waals surface area contributed by atoms with Crippen LogP contribution in [0.2, 0.25) is 0 Å². The van der Waals surface area contributed by atoms with Crippen LogP contribution in [0.4, 0.5) is 0 Å². The van der Waals surface area contributed by atoms with E-state index in [4.69, 9.17) is 4.42 Å². The summed E-state index contributed by atoms with van der Waals surface area (Å²) in [6, 6.07) is 66.6. The molecule has 0 N–H and O–H groups in total. The summed E-state index contributed by atoms with van der Waals surface area (Å²) in [7, 11) is 0. The first kappa shape index (κ1) is 29.1. The molecular weight excluding hydrogens is 629 g/mol. The number of benzene rings is 9. The molecule has 0 saturated heterocycles. The zero-order valence-corrected chi connectivity index (χ0v) is 28.4. The third-order valence-corrected chi connectivity index (χ3v) is 11.1. The van der Waals surface area contributed by atoms with Crippen LogP contribution in [0.3, 0.4) is 0 Å². The molecule has 0 amide bonds. The Labute approximate surface area is 302 Å². The van der Waals surface area contributed by atoms with E-state index in [1.165, 1.54) is 88.3 Å². The molecule has 1 heteroatoms. The average Bonchev–Trinajstić information content (AvgIpc) is 3.78. The summed E-state index contributed by atoms with van der Waals surface area (Å²) >= 11 is 0. The van der Waals surface area contributed by atoms with Gasteiger partial charge in [0.2, 0.25) is 0 Å². The highest BCUT2D eigenvalue weighted by Gasteiger charge is 2.26. The van der Waals surface area contributed by atoms with Crippen LogP contribution in [0.25, 0.3) is 99.1 Å². The van der Waals surface area contributed by atoms with Crippen molar-refractivity contribution in [1.29, 1.82) is 0 Å². The van der Waals surface area contributed by atoms with Gasteiger partial charge in [0, 0.05) is 10.8 Å². The highest BCUT2D eigenvalue weighted by molar-refractivity contribution is 6.24. The van der Waals surface area contributed by atoms with Crippen LogP contribution in [0.15, 0.2) is 186 Å². The Hall–Kier alpha value is -6.70. The summed E-state index contributed by atoms with van der Waals surface area (Å²) < 4.78 is 6.26. The molecule has 1 nitrogen and oxygen atoms in total. The fraction of sp³-hybridized carbons (Fsp3) is 0.0196. The van der Waals surface area contributed by atoms with Crippen LogP contribution in [0, 0.1) is 0 Å². The van der Waals surface area contributed by atoms with E-state index < -0.39 is 0 Å². The van der Waals surface area contributed by atoms with Crippen LogP contribution in [0.5, 0.6) is 0 Å². The summed E-state index contributed by atoms with van der Waals surface area (Å²) in [6.45, 7) is 0. The smallest absolute Gasteiger partial charge is 0.135 e. The number of fused-ring (bicyclic) bond motifs is 8. The molecule has 1 aliphatic rings. The minimum Gasteiger partial charge on any atom is -0.456 e. The second kappa shape index (κ2) is 11.4. The van der Waals surface area contributed by atoms with Gasteiger partial charge in [-0.15, -0.1) is 0 Å². The quantitative estimate of drug-likeness (QED) is 0.171. The molecule has 0 atom stereocenters. The molecule has 0 spiro atoms. The van der Waals surface area contributed by atoms with E-state index in [1.807, 2.05) is 6.07 Å². The molecule has 1 aliphatic carbocycles. The van der Waals surface area contributed by atoms with Crippen molar-refractivity contribution in [2.45, 2.75) is 6.42 Å². The van der Waals surface area contributed by atoms with Gasteiger partial charge in [-0.1, -0.05) is 164 Å². The molecule has 10 aromatic rings. The van der Waals surface area contributed by atoms with E-state index in [9.17, 15) is 0 Å². The Balaban J connectivity index is 1.25. The summed E-state index contributed by atoms with van der Waals surface area (Å²) in [6.07, 6.45) is 0.933. The van der Waals surface area contributed by atoms with Crippen LogP contribution in [0.1, 0.15) is 11.1 Å². The first-order valence-corrected chi connectivity index (χ1v) is 18.1. The summed E-state index contributed by atoms with van der Waals surface area (Å²) in [5, 5.41) is 7.25. The Morgan fingerprint density at radius 2 is 0.846 bits per heavy atom. The third kappa shape index (κ3) is 4.30. The Morgan fingerprint density at radius 1 is 0.308 bits per heavy atom. The molecule has 1 aromatic heterocycles. The molecule has 0 unspecified atom stereocenters. The lowest BCUT2D eigenvalue weighted by atomic mass is 9.80. The number of rotatable bonds is 4.